The Kier molecular flexibility index (Phi) is 4.95. The molecule has 0 rings (SSSR count). The van der Waals surface area contributed by atoms with E-state index in [1.165, 1.54) is 6.08 Å². The van der Waals surface area contributed by atoms with E-state index in [0.29, 0.717) is 0 Å². The first kappa shape index (κ1) is 10.6. The largest absolute Gasteiger partial charge is 0.394 e. The molecule has 0 aromatic rings. The molecule has 0 fully saturated rings. The van der Waals surface area contributed by atoms with E-state index >= 15 is 0 Å². The van der Waals surface area contributed by atoms with Gasteiger partial charge in [0.15, 0.2) is 0 Å². The molecule has 0 bridgehead atoms. The van der Waals surface area contributed by atoms with Gasteiger partial charge in [-0.2, -0.15) is 0 Å². The second-order valence-corrected chi connectivity index (χ2v) is 2.77. The van der Waals surface area contributed by atoms with E-state index in [-0.39, 0.29) is 6.42 Å². The highest BCUT2D eigenvalue weighted by Crippen LogP contribution is 2.07. The summed E-state index contributed by atoms with van der Waals surface area (Å²) in [5.41, 5.74) is 0. The van der Waals surface area contributed by atoms with Crippen LogP contribution in [-0.4, -0.2) is 56.6 Å². The van der Waals surface area contributed by atoms with Crippen molar-refractivity contribution in [3.63, 3.8) is 0 Å². The summed E-state index contributed by atoms with van der Waals surface area (Å²) in [5.74, 6) is 0. The summed E-state index contributed by atoms with van der Waals surface area (Å²) in [5, 5.41) is 45.0. The van der Waals surface area contributed by atoms with Crippen LogP contribution in [0.1, 0.15) is 7.79 Å². The maximum atomic E-state index is 9.25. The van der Waals surface area contributed by atoms with Gasteiger partial charge in [-0.25, -0.2) is 0 Å². The van der Waals surface area contributed by atoms with Crippen LogP contribution in [-0.2, 0) is 0 Å². The summed E-state index contributed by atoms with van der Waals surface area (Å²) in [7, 11) is 0. The van der Waals surface area contributed by atoms with Gasteiger partial charge in [0, 0.05) is 0 Å². The Hall–Kier alpha value is -0.460. The smallest absolute Gasteiger partial charge is 0.110 e. The van der Waals surface area contributed by atoms with Gasteiger partial charge in [0.25, 0.3) is 0 Å². The third-order valence-corrected chi connectivity index (χ3v) is 1.70. The van der Waals surface area contributed by atoms with E-state index in [1.807, 2.05) is 0 Å². The summed E-state index contributed by atoms with van der Waals surface area (Å²) in [4.78, 5) is 0. The zero-order chi connectivity index (χ0) is 11.1. The number of aliphatic hydroxyl groups excluding tert-OH is 5. The maximum Gasteiger partial charge on any atom is 0.110 e. The minimum Gasteiger partial charge on any atom is -0.394 e. The van der Waals surface area contributed by atoms with Crippen LogP contribution in [0.5, 0.6) is 0 Å². The van der Waals surface area contributed by atoms with Crippen molar-refractivity contribution in [1.82, 2.24) is 0 Å². The molecule has 0 aliphatic rings. The van der Waals surface area contributed by atoms with Crippen LogP contribution >= 0.6 is 0 Å². The Morgan fingerprint density at radius 2 is 1.69 bits per heavy atom. The molecule has 78 valence electrons. The lowest BCUT2D eigenvalue weighted by atomic mass is 10.0. The van der Waals surface area contributed by atoms with Crippen molar-refractivity contribution < 1.29 is 26.9 Å². The molecule has 0 saturated carbocycles. The lowest BCUT2D eigenvalue weighted by Gasteiger charge is -2.24. The van der Waals surface area contributed by atoms with Crippen LogP contribution in [0, 0.1) is 0 Å². The summed E-state index contributed by atoms with van der Waals surface area (Å²) in [6.45, 7) is 0.254. The fourth-order valence-electron chi connectivity index (χ4n) is 0.842. The monoisotopic (exact) mass is 193 g/mol. The standard InChI is InChI=1S/C8H16O5/c1-2-3-5(10)7(12)8(13)6(11)4-9/h2,5-13H,1,3-4H2/t5-,6-,7+,8+/m1/s1/i1D. The van der Waals surface area contributed by atoms with E-state index in [1.54, 1.807) is 0 Å². The van der Waals surface area contributed by atoms with Crippen molar-refractivity contribution in [2.45, 2.75) is 30.8 Å². The highest BCUT2D eigenvalue weighted by Gasteiger charge is 2.28. The van der Waals surface area contributed by atoms with E-state index < -0.39 is 31.0 Å². The van der Waals surface area contributed by atoms with Crippen LogP contribution < -0.4 is 0 Å². The minimum absolute atomic E-state index is 0.000124. The topological polar surface area (TPSA) is 101 Å². The fraction of sp³-hybridized carbons (Fsp3) is 0.750. The second kappa shape index (κ2) is 6.06. The van der Waals surface area contributed by atoms with E-state index in [9.17, 15) is 10.2 Å². The highest BCUT2D eigenvalue weighted by molar-refractivity contribution is 4.84. The van der Waals surface area contributed by atoms with Crippen LogP contribution in [0.15, 0.2) is 12.6 Å². The van der Waals surface area contributed by atoms with Crippen molar-refractivity contribution >= 4 is 0 Å². The van der Waals surface area contributed by atoms with Gasteiger partial charge in [-0.3, -0.25) is 0 Å². The molecule has 0 aliphatic heterocycles. The molecule has 0 spiro atoms. The van der Waals surface area contributed by atoms with Crippen LogP contribution in [0.3, 0.4) is 0 Å². The van der Waals surface area contributed by atoms with E-state index in [0.717, 1.165) is 6.55 Å². The Morgan fingerprint density at radius 3 is 2.15 bits per heavy atom. The van der Waals surface area contributed by atoms with Crippen molar-refractivity contribution in [2.24, 2.45) is 0 Å². The Balaban J connectivity index is 4.08. The van der Waals surface area contributed by atoms with Gasteiger partial charge in [0.2, 0.25) is 0 Å². The molecule has 0 aromatic carbocycles. The number of hydrogen-bond donors (Lipinski definition) is 5. The zero-order valence-corrected chi connectivity index (χ0v) is 7.11. The van der Waals surface area contributed by atoms with Gasteiger partial charge in [0.1, 0.15) is 18.3 Å². The molecule has 5 N–H and O–H groups in total. The lowest BCUT2D eigenvalue weighted by Crippen LogP contribution is -2.45. The molecule has 5 nitrogen and oxygen atoms in total. The van der Waals surface area contributed by atoms with Crippen LogP contribution in [0.25, 0.3) is 0 Å². The van der Waals surface area contributed by atoms with Crippen molar-refractivity contribution in [2.75, 3.05) is 6.61 Å². The number of aliphatic hydroxyl groups is 5. The van der Waals surface area contributed by atoms with Gasteiger partial charge in [0.05, 0.1) is 14.1 Å². The molecule has 13 heavy (non-hydrogen) atoms. The molecule has 0 aliphatic carbocycles. The average Bonchev–Trinajstić information content (AvgIpc) is 2.22. The van der Waals surface area contributed by atoms with Gasteiger partial charge in [-0.05, 0) is 6.42 Å². The zero-order valence-electron chi connectivity index (χ0n) is 8.11. The molecule has 0 heterocycles. The molecule has 0 radical (unpaired) electrons. The van der Waals surface area contributed by atoms with Crippen molar-refractivity contribution in [1.29, 1.82) is 0 Å². The molecule has 0 amide bonds. The normalized spacial score (nSPS) is 22.4. The van der Waals surface area contributed by atoms with E-state index in [4.69, 9.17) is 16.7 Å². The Morgan fingerprint density at radius 1 is 1.15 bits per heavy atom. The molecule has 0 saturated heterocycles. The quantitative estimate of drug-likeness (QED) is 0.314. The summed E-state index contributed by atoms with van der Waals surface area (Å²) < 4.78 is 6.64. The number of rotatable bonds is 6. The fourth-order valence-corrected chi connectivity index (χ4v) is 0.842. The second-order valence-electron chi connectivity index (χ2n) is 2.77. The molecule has 5 heteroatoms. The predicted molar refractivity (Wildman–Crippen MR) is 45.9 cm³/mol. The highest BCUT2D eigenvalue weighted by atomic mass is 16.4. The first-order valence-corrected chi connectivity index (χ1v) is 3.91. The molecular formula is C8H16O5. The van der Waals surface area contributed by atoms with Gasteiger partial charge >= 0.3 is 0 Å². The summed E-state index contributed by atoms with van der Waals surface area (Å²) in [6.07, 6.45) is -4.61. The third-order valence-electron chi connectivity index (χ3n) is 1.70. The van der Waals surface area contributed by atoms with Crippen molar-refractivity contribution in [3.05, 3.63) is 12.6 Å². The van der Waals surface area contributed by atoms with Crippen LogP contribution in [0.2, 0.25) is 0 Å². The van der Waals surface area contributed by atoms with Gasteiger partial charge in [-0.1, -0.05) is 6.08 Å². The van der Waals surface area contributed by atoms with Gasteiger partial charge < -0.3 is 25.5 Å². The molecular weight excluding hydrogens is 176 g/mol. The maximum absolute atomic E-state index is 9.25. The van der Waals surface area contributed by atoms with E-state index in [2.05, 4.69) is 0 Å². The van der Waals surface area contributed by atoms with Gasteiger partial charge in [-0.15, -0.1) is 6.55 Å². The predicted octanol–water partition coefficient (Wildman–Crippen LogP) is -2.00. The third kappa shape index (κ3) is 3.84. The molecule has 0 unspecified atom stereocenters. The Labute approximate surface area is 78.0 Å². The minimum atomic E-state index is -1.60. The average molecular weight is 193 g/mol. The lowest BCUT2D eigenvalue weighted by molar-refractivity contribution is -0.113. The van der Waals surface area contributed by atoms with Crippen molar-refractivity contribution in [3.8, 4) is 0 Å². The first-order valence-electron chi connectivity index (χ1n) is 4.48. The SMILES string of the molecule is [2H]C=CC[C@@H](O)[C@H](O)[C@@H](O)[C@H](O)CO. The number of hydrogen-bond acceptors (Lipinski definition) is 5. The van der Waals surface area contributed by atoms with Crippen LogP contribution in [0.4, 0.5) is 0 Å². The molecule has 4 atom stereocenters. The summed E-state index contributed by atoms with van der Waals surface area (Å²) >= 11 is 0. The first-order chi connectivity index (χ1) is 6.54. The molecule has 0 aromatic heterocycles. The Bertz CT molecular complexity index is 175. The summed E-state index contributed by atoms with van der Waals surface area (Å²) in [6, 6.07) is 0.